The fraction of sp³-hybridized carbons (Fsp3) is 0.682. The van der Waals surface area contributed by atoms with Gasteiger partial charge in [0.15, 0.2) is 0 Å². The highest BCUT2D eigenvalue weighted by Gasteiger charge is 2.35. The molecule has 0 bridgehead atoms. The summed E-state index contributed by atoms with van der Waals surface area (Å²) >= 11 is 0. The Balaban J connectivity index is 5.46. The number of amides is 6. The summed E-state index contributed by atoms with van der Waals surface area (Å²) in [7, 11) is 0. The van der Waals surface area contributed by atoms with Crippen molar-refractivity contribution in [3.05, 3.63) is 0 Å². The zero-order valence-electron chi connectivity index (χ0n) is 22.9. The van der Waals surface area contributed by atoms with Gasteiger partial charge in [-0.3, -0.25) is 28.8 Å². The van der Waals surface area contributed by atoms with Gasteiger partial charge >= 0.3 is 5.97 Å². The molecule has 13 N–H and O–H groups in total. The van der Waals surface area contributed by atoms with Gasteiger partial charge in [0.25, 0.3) is 0 Å². The van der Waals surface area contributed by atoms with Crippen LogP contribution in [0.3, 0.4) is 0 Å². The first kappa shape index (κ1) is 37.1. The Labute approximate surface area is 234 Å². The Hall–Kier alpha value is -3.91. The Morgan fingerprint density at radius 2 is 0.976 bits per heavy atom. The number of hydrogen-bond donors (Lipinski definition) is 12. The molecule has 0 fully saturated rings. The number of hydrogen-bond acceptors (Lipinski definition) is 12. The van der Waals surface area contributed by atoms with Gasteiger partial charge in [0.2, 0.25) is 35.4 Å². The van der Waals surface area contributed by atoms with Gasteiger partial charge in [-0.15, -0.1) is 0 Å². The smallest absolute Gasteiger partial charge is 0.328 e. The molecular formula is C22H39N7O12. The quantitative estimate of drug-likeness (QED) is 0.0746. The molecule has 19 nitrogen and oxygen atoms in total. The first-order valence-corrected chi connectivity index (χ1v) is 12.3. The lowest BCUT2D eigenvalue weighted by Gasteiger charge is -2.28. The van der Waals surface area contributed by atoms with E-state index in [9.17, 15) is 48.9 Å². The topological polar surface area (TPSA) is 319 Å². The SMILES string of the molecule is C[C@H](NC(=O)CN)C(=O)N[C@@H](CO)C(=O)N[C@H](C(=O)N[C@H](C(=O)N[C@@H](C)C(=O)N[C@@H](CO)C(=O)O)[C@@H](C)O)[C@@H](C)O. The summed E-state index contributed by atoms with van der Waals surface area (Å²) in [5.74, 6) is -7.48. The molecule has 0 rings (SSSR count). The lowest BCUT2D eigenvalue weighted by molar-refractivity contribution is -0.143. The third kappa shape index (κ3) is 12.4. The fourth-order valence-corrected chi connectivity index (χ4v) is 3.02. The van der Waals surface area contributed by atoms with E-state index in [1.807, 2.05) is 5.32 Å². The molecule has 0 saturated carbocycles. The molecule has 0 aliphatic carbocycles. The van der Waals surface area contributed by atoms with E-state index in [4.69, 9.17) is 15.9 Å². The molecule has 6 amide bonds. The lowest BCUT2D eigenvalue weighted by Crippen LogP contribution is -2.63. The standard InChI is InChI=1S/C22H39N7O12/c1-8(24-14(34)5-23)17(35)26-12(6-30)19(37)28-16(11(4)33)21(39)29-15(10(3)32)20(38)25-9(2)18(36)27-13(7-31)22(40)41/h8-13,15-16,30-33H,5-7,23H2,1-4H3,(H,24,34)(H,25,38)(H,26,35)(H,27,36)(H,28,37)(H,29,39)(H,40,41)/t8-,9-,10+,11+,12-,13-,15-,16-/m0/s1. The third-order valence-corrected chi connectivity index (χ3v) is 5.45. The van der Waals surface area contributed by atoms with E-state index in [0.717, 1.165) is 20.8 Å². The van der Waals surface area contributed by atoms with Crippen molar-refractivity contribution in [3.8, 4) is 0 Å². The van der Waals surface area contributed by atoms with Gasteiger partial charge in [-0.25, -0.2) is 4.79 Å². The van der Waals surface area contributed by atoms with Crippen molar-refractivity contribution >= 4 is 41.4 Å². The van der Waals surface area contributed by atoms with Crippen LogP contribution in [-0.4, -0.2) is 135 Å². The molecule has 0 unspecified atom stereocenters. The molecule has 41 heavy (non-hydrogen) atoms. The summed E-state index contributed by atoms with van der Waals surface area (Å²) in [6, 6.07) is -9.30. The molecule has 0 radical (unpaired) electrons. The molecule has 0 aliphatic rings. The third-order valence-electron chi connectivity index (χ3n) is 5.45. The van der Waals surface area contributed by atoms with Crippen LogP contribution in [0.1, 0.15) is 27.7 Å². The van der Waals surface area contributed by atoms with Gasteiger partial charge in [0.1, 0.15) is 36.3 Å². The number of nitrogens with one attached hydrogen (secondary N) is 6. The molecule has 0 saturated heterocycles. The van der Waals surface area contributed by atoms with Crippen LogP contribution in [0.4, 0.5) is 0 Å². The average molecular weight is 594 g/mol. The van der Waals surface area contributed by atoms with Gasteiger partial charge in [-0.2, -0.15) is 0 Å². The molecule has 0 aromatic carbocycles. The second-order valence-corrected chi connectivity index (χ2v) is 9.00. The van der Waals surface area contributed by atoms with Gasteiger partial charge in [-0.1, -0.05) is 0 Å². The number of aliphatic carboxylic acids is 1. The summed E-state index contributed by atoms with van der Waals surface area (Å²) in [6.45, 7) is 2.38. The van der Waals surface area contributed by atoms with Crippen molar-refractivity contribution in [2.24, 2.45) is 5.73 Å². The Morgan fingerprint density at radius 1 is 0.585 bits per heavy atom. The minimum Gasteiger partial charge on any atom is -0.480 e. The Kier molecular flexibility index (Phi) is 16.0. The Morgan fingerprint density at radius 3 is 1.37 bits per heavy atom. The van der Waals surface area contributed by atoms with Gasteiger partial charge < -0.3 is 63.2 Å². The molecule has 0 heterocycles. The van der Waals surface area contributed by atoms with Gasteiger partial charge in [0.05, 0.1) is 32.0 Å². The van der Waals surface area contributed by atoms with E-state index in [0.29, 0.717) is 0 Å². The summed E-state index contributed by atoms with van der Waals surface area (Å²) < 4.78 is 0. The second-order valence-electron chi connectivity index (χ2n) is 9.00. The number of carbonyl (C=O) groups is 7. The molecule has 0 aromatic heterocycles. The number of carboxylic acids is 1. The van der Waals surface area contributed by atoms with Gasteiger partial charge in [-0.05, 0) is 27.7 Å². The van der Waals surface area contributed by atoms with Crippen LogP contribution in [-0.2, 0) is 33.6 Å². The summed E-state index contributed by atoms with van der Waals surface area (Å²) in [5, 5.41) is 60.3. The van der Waals surface area contributed by atoms with E-state index in [1.165, 1.54) is 6.92 Å². The monoisotopic (exact) mass is 593 g/mol. The second kappa shape index (κ2) is 17.7. The van der Waals surface area contributed by atoms with E-state index < -0.39 is 110 Å². The van der Waals surface area contributed by atoms with E-state index in [-0.39, 0.29) is 0 Å². The fourth-order valence-electron chi connectivity index (χ4n) is 3.02. The number of aliphatic hydroxyl groups is 4. The maximum Gasteiger partial charge on any atom is 0.328 e. The average Bonchev–Trinajstić information content (AvgIpc) is 2.90. The minimum absolute atomic E-state index is 0.404. The lowest BCUT2D eigenvalue weighted by atomic mass is 10.1. The number of rotatable bonds is 17. The normalized spacial score (nSPS) is 16.7. The maximum atomic E-state index is 12.9. The van der Waals surface area contributed by atoms with E-state index >= 15 is 0 Å². The number of carbonyl (C=O) groups excluding carboxylic acids is 6. The first-order chi connectivity index (χ1) is 19.0. The van der Waals surface area contributed by atoms with Crippen LogP contribution < -0.4 is 37.6 Å². The van der Waals surface area contributed by atoms with Crippen molar-refractivity contribution in [2.75, 3.05) is 19.8 Å². The van der Waals surface area contributed by atoms with Gasteiger partial charge in [0, 0.05) is 0 Å². The van der Waals surface area contributed by atoms with Crippen LogP contribution in [0, 0.1) is 0 Å². The van der Waals surface area contributed by atoms with Crippen LogP contribution >= 0.6 is 0 Å². The summed E-state index contributed by atoms with van der Waals surface area (Å²) in [5.41, 5.74) is 5.15. The number of aliphatic hydroxyl groups excluding tert-OH is 4. The predicted molar refractivity (Wildman–Crippen MR) is 137 cm³/mol. The Bertz CT molecular complexity index is 961. The molecule has 234 valence electrons. The zero-order valence-corrected chi connectivity index (χ0v) is 22.9. The highest BCUT2D eigenvalue weighted by Crippen LogP contribution is 2.01. The largest absolute Gasteiger partial charge is 0.480 e. The van der Waals surface area contributed by atoms with E-state index in [1.54, 1.807) is 0 Å². The molecule has 19 heteroatoms. The molecular weight excluding hydrogens is 554 g/mol. The van der Waals surface area contributed by atoms with Crippen molar-refractivity contribution in [1.29, 1.82) is 0 Å². The number of carboxylic acid groups (broad SMARTS) is 1. The highest BCUT2D eigenvalue weighted by atomic mass is 16.4. The molecule has 0 aliphatic heterocycles. The van der Waals surface area contributed by atoms with Crippen molar-refractivity contribution < 1.29 is 59.1 Å². The van der Waals surface area contributed by atoms with Crippen LogP contribution in [0.25, 0.3) is 0 Å². The van der Waals surface area contributed by atoms with Crippen molar-refractivity contribution in [2.45, 2.75) is 76.2 Å². The zero-order chi connectivity index (χ0) is 32.0. The first-order valence-electron chi connectivity index (χ1n) is 12.3. The van der Waals surface area contributed by atoms with Crippen molar-refractivity contribution in [3.63, 3.8) is 0 Å². The number of nitrogens with two attached hydrogens (primary N) is 1. The summed E-state index contributed by atoms with van der Waals surface area (Å²) in [4.78, 5) is 84.9. The van der Waals surface area contributed by atoms with Crippen LogP contribution in [0.2, 0.25) is 0 Å². The maximum absolute atomic E-state index is 12.9. The summed E-state index contributed by atoms with van der Waals surface area (Å²) in [6.07, 6.45) is -3.16. The molecule has 0 aromatic rings. The van der Waals surface area contributed by atoms with Crippen LogP contribution in [0.5, 0.6) is 0 Å². The predicted octanol–water partition coefficient (Wildman–Crippen LogP) is -7.28. The highest BCUT2D eigenvalue weighted by molar-refractivity contribution is 5.97. The van der Waals surface area contributed by atoms with Crippen LogP contribution in [0.15, 0.2) is 0 Å². The van der Waals surface area contributed by atoms with E-state index in [2.05, 4.69) is 26.6 Å². The van der Waals surface area contributed by atoms with Crippen molar-refractivity contribution in [1.82, 2.24) is 31.9 Å². The molecule has 8 atom stereocenters. The molecule has 0 spiro atoms. The minimum atomic E-state index is -1.77.